The van der Waals surface area contributed by atoms with Crippen molar-refractivity contribution < 1.29 is 9.90 Å². The summed E-state index contributed by atoms with van der Waals surface area (Å²) in [6, 6.07) is 3.11. The molecule has 1 amide bonds. The van der Waals surface area contributed by atoms with Gasteiger partial charge in [-0.25, -0.2) is 24.9 Å². The van der Waals surface area contributed by atoms with E-state index in [0.29, 0.717) is 0 Å². The van der Waals surface area contributed by atoms with Crippen molar-refractivity contribution in [2.45, 2.75) is 0 Å². The zero-order valence-electron chi connectivity index (χ0n) is 8.52. The van der Waals surface area contributed by atoms with E-state index >= 15 is 0 Å². The molecule has 2 heterocycles. The molecule has 17 heavy (non-hydrogen) atoms. The van der Waals surface area contributed by atoms with Gasteiger partial charge in [-0.1, -0.05) is 0 Å². The van der Waals surface area contributed by atoms with Crippen LogP contribution in [0.5, 0.6) is 0 Å². The average molecular weight is 228 g/mol. The Kier molecular flexibility index (Phi) is 3.10. The normalized spacial score (nSPS) is 11.2. The zero-order chi connectivity index (χ0) is 12.1. The van der Waals surface area contributed by atoms with Crippen molar-refractivity contribution in [1.29, 1.82) is 0 Å². The van der Waals surface area contributed by atoms with E-state index in [1.54, 1.807) is 12.1 Å². The molecule has 0 aliphatic carbocycles. The van der Waals surface area contributed by atoms with Crippen LogP contribution in [-0.4, -0.2) is 31.7 Å². The highest BCUT2D eigenvalue weighted by molar-refractivity contribution is 6.02. The van der Waals surface area contributed by atoms with Gasteiger partial charge in [0.15, 0.2) is 5.82 Å². The Morgan fingerprint density at radius 3 is 1.94 bits per heavy atom. The van der Waals surface area contributed by atoms with E-state index in [2.05, 4.69) is 24.9 Å². The topological polar surface area (TPSA) is 104 Å². The first kappa shape index (κ1) is 10.8. The number of rotatable bonds is 2. The molecular formula is C10H6N5O2-. The Labute approximate surface area is 95.9 Å². The molecule has 0 spiro atoms. The Hall–Kier alpha value is -2.70. The predicted octanol–water partition coefficient (Wildman–Crippen LogP) is -0.786. The van der Waals surface area contributed by atoms with E-state index in [1.807, 2.05) is 0 Å². The summed E-state index contributed by atoms with van der Waals surface area (Å²) in [5.41, 5.74) is 0. The molecule has 0 aliphatic rings. The van der Waals surface area contributed by atoms with Gasteiger partial charge >= 0.3 is 5.91 Å². The van der Waals surface area contributed by atoms with Gasteiger partial charge in [-0.15, -0.1) is 0 Å². The minimum atomic E-state index is -0.817. The molecule has 2 aromatic heterocycles. The van der Waals surface area contributed by atoms with E-state index in [-0.39, 0.29) is 11.6 Å². The van der Waals surface area contributed by atoms with Gasteiger partial charge in [-0.05, 0) is 12.1 Å². The summed E-state index contributed by atoms with van der Waals surface area (Å²) < 4.78 is 0. The lowest BCUT2D eigenvalue weighted by Gasteiger charge is -2.06. The highest BCUT2D eigenvalue weighted by Gasteiger charge is 2.06. The Morgan fingerprint density at radius 1 is 0.941 bits per heavy atom. The summed E-state index contributed by atoms with van der Waals surface area (Å²) in [7, 11) is 0. The molecule has 0 aromatic carbocycles. The summed E-state index contributed by atoms with van der Waals surface area (Å²) in [4.78, 5) is 29.5. The predicted molar refractivity (Wildman–Crippen MR) is 54.9 cm³/mol. The number of carbonyl (C=O) groups is 1. The molecule has 0 bridgehead atoms. The van der Waals surface area contributed by atoms with Crippen LogP contribution in [0.3, 0.4) is 0 Å². The molecule has 0 saturated heterocycles. The number of aromatic nitrogens is 4. The Bertz CT molecular complexity index is 541. The average Bonchev–Trinajstić information content (AvgIpc) is 2.40. The van der Waals surface area contributed by atoms with Crippen LogP contribution in [0, 0.1) is 0 Å². The second kappa shape index (κ2) is 4.88. The molecule has 0 unspecified atom stereocenters. The number of nitrogens with zero attached hydrogens (tertiary/aromatic N) is 5. The smallest absolute Gasteiger partial charge is 0.314 e. The van der Waals surface area contributed by atoms with Crippen LogP contribution >= 0.6 is 0 Å². The van der Waals surface area contributed by atoms with Gasteiger partial charge in [-0.3, -0.25) is 4.79 Å². The van der Waals surface area contributed by atoms with Gasteiger partial charge in [-0.2, -0.15) is 0 Å². The maximum Gasteiger partial charge on any atom is 0.314 e. The lowest BCUT2D eigenvalue weighted by Crippen LogP contribution is -2.23. The zero-order valence-corrected chi connectivity index (χ0v) is 8.52. The lowest BCUT2D eigenvalue weighted by atomic mass is 10.5. The highest BCUT2D eigenvalue weighted by atomic mass is 16.3. The fourth-order valence-electron chi connectivity index (χ4n) is 1.01. The van der Waals surface area contributed by atoms with E-state index in [0.717, 1.165) is 0 Å². The van der Waals surface area contributed by atoms with Crippen molar-refractivity contribution >= 4 is 11.8 Å². The third-order valence-electron chi connectivity index (χ3n) is 1.72. The molecule has 0 N–H and O–H groups in total. The molecule has 2 rings (SSSR count). The number of aliphatic imine (C=N–C) groups is 1. The first-order valence-electron chi connectivity index (χ1n) is 4.62. The van der Waals surface area contributed by atoms with Crippen LogP contribution < -0.4 is 5.11 Å². The van der Waals surface area contributed by atoms with E-state index in [4.69, 9.17) is 0 Å². The van der Waals surface area contributed by atoms with E-state index < -0.39 is 11.8 Å². The maximum absolute atomic E-state index is 11.5. The lowest BCUT2D eigenvalue weighted by molar-refractivity contribution is -0.213. The van der Waals surface area contributed by atoms with Crippen molar-refractivity contribution in [1.82, 2.24) is 19.9 Å². The second-order valence-electron chi connectivity index (χ2n) is 2.87. The molecule has 84 valence electrons. The van der Waals surface area contributed by atoms with Crippen molar-refractivity contribution in [2.24, 2.45) is 4.99 Å². The number of hydrogen-bond acceptors (Lipinski definition) is 6. The third-order valence-corrected chi connectivity index (χ3v) is 1.72. The van der Waals surface area contributed by atoms with E-state index in [1.165, 1.54) is 24.8 Å². The largest absolute Gasteiger partial charge is 0.856 e. The van der Waals surface area contributed by atoms with Gasteiger partial charge in [0.25, 0.3) is 0 Å². The minimum absolute atomic E-state index is 0.142. The summed E-state index contributed by atoms with van der Waals surface area (Å²) in [5.74, 6) is -1.92. The summed E-state index contributed by atoms with van der Waals surface area (Å²) in [6.07, 6.45) is 5.55. The maximum atomic E-state index is 11.5. The van der Waals surface area contributed by atoms with Gasteiger partial charge in [0.2, 0.25) is 5.82 Å². The van der Waals surface area contributed by atoms with Crippen LogP contribution in [0.4, 0.5) is 0 Å². The van der Waals surface area contributed by atoms with E-state index in [9.17, 15) is 9.90 Å². The molecule has 7 heteroatoms. The molecule has 0 radical (unpaired) electrons. The quantitative estimate of drug-likeness (QED) is 0.493. The van der Waals surface area contributed by atoms with Crippen LogP contribution in [0.25, 0.3) is 0 Å². The van der Waals surface area contributed by atoms with Crippen molar-refractivity contribution in [3.05, 3.63) is 48.6 Å². The Balaban J connectivity index is 2.24. The summed E-state index contributed by atoms with van der Waals surface area (Å²) in [5, 5.41) is 11.5. The molecule has 0 aliphatic heterocycles. The van der Waals surface area contributed by atoms with Crippen LogP contribution in [0.1, 0.15) is 16.4 Å². The van der Waals surface area contributed by atoms with Crippen LogP contribution in [-0.2, 0) is 0 Å². The first-order chi connectivity index (χ1) is 8.27. The molecule has 0 fully saturated rings. The monoisotopic (exact) mass is 228 g/mol. The third kappa shape index (κ3) is 2.65. The van der Waals surface area contributed by atoms with Gasteiger partial charge in [0.05, 0.1) is 0 Å². The number of amides is 1. The van der Waals surface area contributed by atoms with Crippen molar-refractivity contribution in [3.63, 3.8) is 0 Å². The van der Waals surface area contributed by atoms with Crippen molar-refractivity contribution in [3.8, 4) is 0 Å². The van der Waals surface area contributed by atoms with Gasteiger partial charge in [0, 0.05) is 30.7 Å². The van der Waals surface area contributed by atoms with Gasteiger partial charge < -0.3 is 5.11 Å². The number of carbonyl (C=O) groups excluding carboxylic acids is 1. The fourth-order valence-corrected chi connectivity index (χ4v) is 1.01. The second-order valence-corrected chi connectivity index (χ2v) is 2.87. The van der Waals surface area contributed by atoms with Gasteiger partial charge in [0.1, 0.15) is 0 Å². The highest BCUT2D eigenvalue weighted by Crippen LogP contribution is 1.94. The Morgan fingerprint density at radius 2 is 1.41 bits per heavy atom. The minimum Gasteiger partial charge on any atom is -0.856 e. The van der Waals surface area contributed by atoms with Crippen LogP contribution in [0.2, 0.25) is 0 Å². The fraction of sp³-hybridized carbons (Fsp3) is 0. The molecule has 0 saturated carbocycles. The SMILES string of the molecule is O=C(N=C([O-])c1ncccn1)c1ncccn1. The molecule has 7 nitrogen and oxygen atoms in total. The van der Waals surface area contributed by atoms with Crippen molar-refractivity contribution in [2.75, 3.05) is 0 Å². The molecule has 0 atom stereocenters. The number of hydrogen-bond donors (Lipinski definition) is 0. The summed E-state index contributed by atoms with van der Waals surface area (Å²) >= 11 is 0. The summed E-state index contributed by atoms with van der Waals surface area (Å²) in [6.45, 7) is 0. The van der Waals surface area contributed by atoms with Crippen LogP contribution in [0.15, 0.2) is 41.9 Å². The molecular weight excluding hydrogens is 222 g/mol. The molecule has 2 aromatic rings. The standard InChI is InChI=1S/C10H7N5O2/c16-9(7-11-3-1-4-12-7)15-10(17)8-13-5-2-6-14-8/h1-6H,(H,15,16,17)/p-1. The first-order valence-corrected chi connectivity index (χ1v) is 4.62.